The first kappa shape index (κ1) is 15.1. The normalized spacial score (nSPS) is 10.9. The van der Waals surface area contributed by atoms with Crippen molar-refractivity contribution in [1.29, 1.82) is 0 Å². The van der Waals surface area contributed by atoms with Crippen LogP contribution in [-0.2, 0) is 11.3 Å². The minimum absolute atomic E-state index is 0.116. The summed E-state index contributed by atoms with van der Waals surface area (Å²) in [6, 6.07) is 8.36. The summed E-state index contributed by atoms with van der Waals surface area (Å²) in [5.74, 6) is -0.217. The molecule has 0 atom stereocenters. The lowest BCUT2D eigenvalue weighted by molar-refractivity contribution is 0.0462. The Bertz CT molecular complexity index is 1080. The van der Waals surface area contributed by atoms with Gasteiger partial charge in [-0.25, -0.2) is 14.5 Å². The molecule has 4 aromatic rings. The molecule has 9 nitrogen and oxygen atoms in total. The standard InChI is InChI=1S/C15H10N6O3S/c22-14-13-11(5-6-25-13)17-12(18-14)7-24-15(23)9-1-3-10(4-2-9)21-8-16-19-20-21/h1-6,8H,7H2,(H,17,18,22). The lowest BCUT2D eigenvalue weighted by atomic mass is 10.2. The van der Waals surface area contributed by atoms with Crippen molar-refractivity contribution < 1.29 is 9.53 Å². The molecule has 10 heteroatoms. The van der Waals surface area contributed by atoms with Gasteiger partial charge in [-0.1, -0.05) is 0 Å². The number of carbonyl (C=O) groups excluding carboxylic acids is 1. The molecule has 0 unspecified atom stereocenters. The van der Waals surface area contributed by atoms with Crippen LogP contribution in [0.3, 0.4) is 0 Å². The zero-order chi connectivity index (χ0) is 17.2. The average molecular weight is 354 g/mol. The zero-order valence-corrected chi connectivity index (χ0v) is 13.4. The Hall–Kier alpha value is -3.40. The number of tetrazole rings is 1. The predicted molar refractivity (Wildman–Crippen MR) is 88.5 cm³/mol. The molecule has 0 aliphatic carbocycles. The van der Waals surface area contributed by atoms with Crippen molar-refractivity contribution >= 4 is 27.5 Å². The fourth-order valence-electron chi connectivity index (χ4n) is 2.24. The summed E-state index contributed by atoms with van der Waals surface area (Å²) in [5, 5.41) is 12.6. The van der Waals surface area contributed by atoms with E-state index in [0.717, 1.165) is 5.69 Å². The number of hydrogen-bond donors (Lipinski definition) is 1. The van der Waals surface area contributed by atoms with E-state index in [2.05, 4.69) is 25.5 Å². The Morgan fingerprint density at radius 1 is 1.24 bits per heavy atom. The van der Waals surface area contributed by atoms with Gasteiger partial charge in [-0.15, -0.1) is 16.4 Å². The highest BCUT2D eigenvalue weighted by molar-refractivity contribution is 7.17. The van der Waals surface area contributed by atoms with Crippen LogP contribution in [0.1, 0.15) is 16.2 Å². The molecule has 1 aromatic carbocycles. The topological polar surface area (TPSA) is 116 Å². The molecule has 0 saturated carbocycles. The summed E-state index contributed by atoms with van der Waals surface area (Å²) in [6.07, 6.45) is 1.45. The maximum absolute atomic E-state index is 12.1. The van der Waals surface area contributed by atoms with Gasteiger partial charge in [0, 0.05) is 0 Å². The zero-order valence-electron chi connectivity index (χ0n) is 12.6. The van der Waals surface area contributed by atoms with Gasteiger partial charge < -0.3 is 9.72 Å². The molecule has 0 fully saturated rings. The number of nitrogens with one attached hydrogen (secondary N) is 1. The van der Waals surface area contributed by atoms with Gasteiger partial charge in [-0.05, 0) is 46.1 Å². The summed E-state index contributed by atoms with van der Waals surface area (Å²) in [7, 11) is 0. The molecule has 4 rings (SSSR count). The molecule has 0 aliphatic rings. The number of aromatic amines is 1. The van der Waals surface area contributed by atoms with Crippen LogP contribution in [0.2, 0.25) is 0 Å². The third-order valence-electron chi connectivity index (χ3n) is 3.42. The van der Waals surface area contributed by atoms with Crippen molar-refractivity contribution in [2.45, 2.75) is 6.61 Å². The number of esters is 1. The highest BCUT2D eigenvalue weighted by Gasteiger charge is 2.10. The predicted octanol–water partition coefficient (Wildman–Crippen LogP) is 1.32. The van der Waals surface area contributed by atoms with Crippen LogP contribution >= 0.6 is 11.3 Å². The van der Waals surface area contributed by atoms with Gasteiger partial charge in [0.15, 0.2) is 0 Å². The van der Waals surface area contributed by atoms with Gasteiger partial charge in [0.05, 0.1) is 16.8 Å². The fourth-order valence-corrected chi connectivity index (χ4v) is 2.96. The second-order valence-electron chi connectivity index (χ2n) is 5.02. The molecule has 3 aromatic heterocycles. The van der Waals surface area contributed by atoms with E-state index in [4.69, 9.17) is 4.74 Å². The molecule has 0 aliphatic heterocycles. The first-order valence-electron chi connectivity index (χ1n) is 7.18. The minimum Gasteiger partial charge on any atom is -0.454 e. The number of thiophene rings is 1. The van der Waals surface area contributed by atoms with Crippen molar-refractivity contribution in [1.82, 2.24) is 30.2 Å². The summed E-state index contributed by atoms with van der Waals surface area (Å²) in [5.41, 5.74) is 1.44. The van der Waals surface area contributed by atoms with Crippen molar-refractivity contribution in [2.24, 2.45) is 0 Å². The molecule has 3 heterocycles. The van der Waals surface area contributed by atoms with Crippen molar-refractivity contribution in [3.8, 4) is 5.69 Å². The second-order valence-corrected chi connectivity index (χ2v) is 5.94. The fraction of sp³-hybridized carbons (Fsp3) is 0.0667. The van der Waals surface area contributed by atoms with E-state index in [1.807, 2.05) is 0 Å². The number of H-pyrrole nitrogens is 1. The number of fused-ring (bicyclic) bond motifs is 1. The second kappa shape index (κ2) is 6.24. The molecule has 124 valence electrons. The van der Waals surface area contributed by atoms with Crippen molar-refractivity contribution in [3.05, 3.63) is 63.8 Å². The molecular formula is C15H10N6O3S. The smallest absolute Gasteiger partial charge is 0.338 e. The number of ether oxygens (including phenoxy) is 1. The van der Waals surface area contributed by atoms with Crippen LogP contribution in [0.25, 0.3) is 15.9 Å². The van der Waals surface area contributed by atoms with E-state index < -0.39 is 5.97 Å². The molecule has 0 amide bonds. The Kier molecular flexibility index (Phi) is 3.78. The number of aromatic nitrogens is 6. The third-order valence-corrected chi connectivity index (χ3v) is 4.32. The molecule has 0 radical (unpaired) electrons. The van der Waals surface area contributed by atoms with Gasteiger partial charge in [-0.3, -0.25) is 4.79 Å². The van der Waals surface area contributed by atoms with Crippen molar-refractivity contribution in [3.63, 3.8) is 0 Å². The van der Waals surface area contributed by atoms with Crippen LogP contribution in [0.5, 0.6) is 0 Å². The largest absolute Gasteiger partial charge is 0.454 e. The van der Waals surface area contributed by atoms with Crippen LogP contribution < -0.4 is 5.56 Å². The maximum Gasteiger partial charge on any atom is 0.338 e. The average Bonchev–Trinajstić information content (AvgIpc) is 3.31. The number of nitrogens with zero attached hydrogens (tertiary/aromatic N) is 5. The van der Waals surface area contributed by atoms with E-state index in [-0.39, 0.29) is 12.2 Å². The summed E-state index contributed by atoms with van der Waals surface area (Å²) in [4.78, 5) is 30.9. The first-order valence-corrected chi connectivity index (χ1v) is 8.05. The summed E-state index contributed by atoms with van der Waals surface area (Å²) in [6.45, 7) is -0.116. The number of hydrogen-bond acceptors (Lipinski definition) is 8. The van der Waals surface area contributed by atoms with E-state index in [0.29, 0.717) is 21.6 Å². The Labute approximate surface area is 143 Å². The van der Waals surface area contributed by atoms with E-state index in [1.165, 1.54) is 22.3 Å². The Morgan fingerprint density at radius 2 is 2.08 bits per heavy atom. The highest BCUT2D eigenvalue weighted by atomic mass is 32.1. The van der Waals surface area contributed by atoms with Crippen LogP contribution in [0.4, 0.5) is 0 Å². The number of carbonyl (C=O) groups is 1. The van der Waals surface area contributed by atoms with Crippen molar-refractivity contribution in [2.75, 3.05) is 0 Å². The molecule has 25 heavy (non-hydrogen) atoms. The molecular weight excluding hydrogens is 344 g/mol. The number of benzene rings is 1. The van der Waals surface area contributed by atoms with E-state index in [1.54, 1.807) is 35.7 Å². The maximum atomic E-state index is 12.1. The van der Waals surface area contributed by atoms with Crippen LogP contribution in [0, 0.1) is 0 Å². The van der Waals surface area contributed by atoms with Crippen LogP contribution in [-0.4, -0.2) is 36.1 Å². The van der Waals surface area contributed by atoms with Crippen LogP contribution in [0.15, 0.2) is 46.8 Å². The lowest BCUT2D eigenvalue weighted by Gasteiger charge is -2.05. The van der Waals surface area contributed by atoms with Gasteiger partial charge >= 0.3 is 5.97 Å². The molecule has 0 bridgehead atoms. The molecule has 0 spiro atoms. The van der Waals surface area contributed by atoms with E-state index in [9.17, 15) is 9.59 Å². The Balaban J connectivity index is 1.47. The highest BCUT2D eigenvalue weighted by Crippen LogP contribution is 2.14. The Morgan fingerprint density at radius 3 is 2.84 bits per heavy atom. The number of rotatable bonds is 4. The van der Waals surface area contributed by atoms with Gasteiger partial charge in [0.1, 0.15) is 23.5 Å². The van der Waals surface area contributed by atoms with Gasteiger partial charge in [0.25, 0.3) is 5.56 Å². The third kappa shape index (κ3) is 3.02. The lowest BCUT2D eigenvalue weighted by Crippen LogP contribution is -2.13. The molecule has 1 N–H and O–H groups in total. The van der Waals surface area contributed by atoms with Gasteiger partial charge in [-0.2, -0.15) is 0 Å². The monoisotopic (exact) mass is 354 g/mol. The van der Waals surface area contributed by atoms with E-state index >= 15 is 0 Å². The SMILES string of the molecule is O=C(OCc1nc2ccsc2c(=O)[nH]1)c1ccc(-n2cnnn2)cc1. The summed E-state index contributed by atoms with van der Waals surface area (Å²) >= 11 is 1.31. The minimum atomic E-state index is -0.517. The summed E-state index contributed by atoms with van der Waals surface area (Å²) < 4.78 is 7.23. The quantitative estimate of drug-likeness (QED) is 0.549. The first-order chi connectivity index (χ1) is 12.2. The molecule has 0 saturated heterocycles. The van der Waals surface area contributed by atoms with Gasteiger partial charge in [0.2, 0.25) is 0 Å².